The number of fused-ring (bicyclic) bond motifs is 2. The topological polar surface area (TPSA) is 170 Å². The molecule has 2 aromatic rings. The van der Waals surface area contributed by atoms with E-state index in [-0.39, 0.29) is 11.5 Å². The summed E-state index contributed by atoms with van der Waals surface area (Å²) < 4.78 is 37.4. The van der Waals surface area contributed by atoms with E-state index in [0.717, 1.165) is 48.2 Å². The lowest BCUT2D eigenvalue weighted by atomic mass is 9.66. The average Bonchev–Trinajstić information content (AvgIpc) is 3.28. The predicted molar refractivity (Wildman–Crippen MR) is 131 cm³/mol. The minimum atomic E-state index is -5.08. The first-order valence-corrected chi connectivity index (χ1v) is 11.9. The predicted octanol–water partition coefficient (Wildman–Crippen LogP) is 2.88. The zero-order chi connectivity index (χ0) is 27.8. The smallest absolute Gasteiger partial charge is 0.490 e. The van der Waals surface area contributed by atoms with Gasteiger partial charge in [0.15, 0.2) is 0 Å². The van der Waals surface area contributed by atoms with Gasteiger partial charge in [-0.15, -0.1) is 0 Å². The van der Waals surface area contributed by atoms with E-state index in [9.17, 15) is 22.8 Å². The molecule has 2 amide bonds. The number of carboxylic acids is 1. The minimum Gasteiger partial charge on any atom is -0.493 e. The summed E-state index contributed by atoms with van der Waals surface area (Å²) in [5, 5.41) is 10.6. The van der Waals surface area contributed by atoms with Crippen LogP contribution >= 0.6 is 0 Å². The number of carbonyl (C=O) groups excluding carboxylic acids is 2. The highest BCUT2D eigenvalue weighted by molar-refractivity contribution is 6.07. The molecule has 6 N–H and O–H groups in total. The van der Waals surface area contributed by atoms with Crippen molar-refractivity contribution in [1.29, 1.82) is 0 Å². The highest BCUT2D eigenvalue weighted by Crippen LogP contribution is 2.45. The normalized spacial score (nSPS) is 19.9. The molecule has 0 spiro atoms. The number of nitrogens with one attached hydrogen (secondary N) is 1. The van der Waals surface area contributed by atoms with Crippen molar-refractivity contribution < 1.29 is 37.4 Å². The van der Waals surface area contributed by atoms with Crippen LogP contribution in [0.2, 0.25) is 0 Å². The number of halogens is 3. The van der Waals surface area contributed by atoms with E-state index >= 15 is 0 Å². The number of primary amides is 2. The minimum absolute atomic E-state index is 0.0903. The van der Waals surface area contributed by atoms with Crippen LogP contribution in [0.1, 0.15) is 53.4 Å². The van der Waals surface area contributed by atoms with E-state index in [2.05, 4.69) is 10.3 Å². The fourth-order valence-corrected chi connectivity index (χ4v) is 4.97. The summed E-state index contributed by atoms with van der Waals surface area (Å²) >= 11 is 0. The van der Waals surface area contributed by atoms with Crippen LogP contribution in [0.3, 0.4) is 0 Å². The largest absolute Gasteiger partial charge is 0.493 e. The molecular formula is C25H26F3N5O5. The van der Waals surface area contributed by atoms with Gasteiger partial charge in [-0.1, -0.05) is 12.5 Å². The Kier molecular flexibility index (Phi) is 7.04. The Bertz CT molecular complexity index is 1340. The highest BCUT2D eigenvalue weighted by Gasteiger charge is 2.50. The van der Waals surface area contributed by atoms with Gasteiger partial charge in [-0.2, -0.15) is 13.2 Å². The number of amides is 2. The first-order chi connectivity index (χ1) is 17.8. The molecule has 1 aromatic carbocycles. The zero-order valence-electron chi connectivity index (χ0n) is 20.4. The second-order valence-corrected chi connectivity index (χ2v) is 9.34. The van der Waals surface area contributed by atoms with Crippen molar-refractivity contribution in [2.24, 2.45) is 22.4 Å². The number of aliphatic carboxylic acids is 1. The van der Waals surface area contributed by atoms with E-state index in [1.807, 2.05) is 25.1 Å². The van der Waals surface area contributed by atoms with Gasteiger partial charge in [0, 0.05) is 35.9 Å². The molecule has 1 unspecified atom stereocenters. The molecule has 38 heavy (non-hydrogen) atoms. The molecule has 1 aromatic heterocycles. The van der Waals surface area contributed by atoms with Crippen LogP contribution in [0.5, 0.6) is 5.75 Å². The fraction of sp³-hybridized carbons (Fsp3) is 0.400. The number of ether oxygens (including phenoxy) is 1. The number of hydrogen-bond donors (Lipinski definition) is 4. The number of nitrogens with zero attached hydrogens (tertiary/aromatic N) is 2. The average molecular weight is 534 g/mol. The fourth-order valence-electron chi connectivity index (χ4n) is 4.97. The lowest BCUT2D eigenvalue weighted by Gasteiger charge is -2.43. The standard InChI is InChI=1S/C23H25N5O3.C2HF3O2/c1-12-19-15(10-23(28-12,22(25)30)13-4-2-5-13)20(16(11-26-19)21(24)29)27-17-6-3-7-18-14(17)8-9-31-18;3-2(4,5)1(6)7/h3,6-7,11,13H,2,4-5,8-10H2,1H3,(H2,24,29)(H2,25,30)(H,26,27);(H,6,7). The van der Waals surface area contributed by atoms with Crippen molar-refractivity contribution in [1.82, 2.24) is 4.98 Å². The second-order valence-electron chi connectivity index (χ2n) is 9.34. The maximum absolute atomic E-state index is 12.7. The first-order valence-electron chi connectivity index (χ1n) is 11.9. The first kappa shape index (κ1) is 26.9. The molecule has 0 radical (unpaired) electrons. The van der Waals surface area contributed by atoms with Crippen LogP contribution in [0, 0.1) is 5.92 Å². The van der Waals surface area contributed by atoms with Gasteiger partial charge in [-0.3, -0.25) is 19.6 Å². The summed E-state index contributed by atoms with van der Waals surface area (Å²) in [5.41, 5.74) is 15.4. The number of hydrogen-bond acceptors (Lipinski definition) is 7. The Morgan fingerprint density at radius 3 is 2.42 bits per heavy atom. The zero-order valence-corrected chi connectivity index (χ0v) is 20.4. The highest BCUT2D eigenvalue weighted by atomic mass is 19.4. The van der Waals surface area contributed by atoms with Crippen LogP contribution in [0.4, 0.5) is 24.5 Å². The number of aromatic nitrogens is 1. The number of aliphatic imine (C=N–C) groups is 1. The van der Waals surface area contributed by atoms with Crippen LogP contribution in [-0.2, 0) is 22.4 Å². The maximum atomic E-state index is 12.7. The molecule has 3 aliphatic rings. The van der Waals surface area contributed by atoms with Gasteiger partial charge in [-0.25, -0.2) is 4.79 Å². The quantitative estimate of drug-likeness (QED) is 0.458. The molecule has 0 saturated heterocycles. The second kappa shape index (κ2) is 9.95. The molecule has 1 aliphatic carbocycles. The number of anilines is 2. The summed E-state index contributed by atoms with van der Waals surface area (Å²) in [6, 6.07) is 5.77. The molecule has 1 saturated carbocycles. The molecule has 2 aliphatic heterocycles. The van der Waals surface area contributed by atoms with Gasteiger partial charge < -0.3 is 26.6 Å². The third-order valence-corrected chi connectivity index (χ3v) is 7.05. The molecular weight excluding hydrogens is 507 g/mol. The number of carbonyl (C=O) groups is 3. The van der Waals surface area contributed by atoms with Crippen molar-refractivity contribution in [3.05, 3.63) is 46.8 Å². The molecule has 10 nitrogen and oxygen atoms in total. The number of alkyl halides is 3. The van der Waals surface area contributed by atoms with E-state index < -0.39 is 29.5 Å². The molecule has 1 atom stereocenters. The number of carboxylic acid groups (broad SMARTS) is 1. The summed E-state index contributed by atoms with van der Waals surface area (Å²) in [5.74, 6) is -2.87. The molecule has 202 valence electrons. The molecule has 0 bridgehead atoms. The monoisotopic (exact) mass is 533 g/mol. The van der Waals surface area contributed by atoms with Crippen LogP contribution in [0.25, 0.3) is 0 Å². The molecule has 13 heteroatoms. The molecule has 5 rings (SSSR count). The van der Waals surface area contributed by atoms with Gasteiger partial charge in [0.25, 0.3) is 5.91 Å². The van der Waals surface area contributed by atoms with Crippen LogP contribution < -0.4 is 21.5 Å². The lowest BCUT2D eigenvalue weighted by molar-refractivity contribution is -0.192. The van der Waals surface area contributed by atoms with Crippen molar-refractivity contribution in [3.63, 3.8) is 0 Å². The van der Waals surface area contributed by atoms with E-state index in [4.69, 9.17) is 31.1 Å². The van der Waals surface area contributed by atoms with Crippen molar-refractivity contribution in [2.75, 3.05) is 11.9 Å². The molecule has 1 fully saturated rings. The van der Waals surface area contributed by atoms with Gasteiger partial charge in [-0.05, 0) is 37.8 Å². The van der Waals surface area contributed by atoms with E-state index in [0.29, 0.717) is 30.1 Å². The third-order valence-electron chi connectivity index (χ3n) is 7.05. The van der Waals surface area contributed by atoms with Gasteiger partial charge in [0.2, 0.25) is 5.91 Å². The Morgan fingerprint density at radius 1 is 1.18 bits per heavy atom. The Morgan fingerprint density at radius 2 is 1.87 bits per heavy atom. The van der Waals surface area contributed by atoms with Crippen LogP contribution in [0.15, 0.2) is 29.4 Å². The van der Waals surface area contributed by atoms with Gasteiger partial charge in [0.05, 0.1) is 29.3 Å². The summed E-state index contributed by atoms with van der Waals surface area (Å²) in [6.45, 7) is 2.45. The van der Waals surface area contributed by atoms with Crippen LogP contribution in [-0.4, -0.2) is 51.9 Å². The summed E-state index contributed by atoms with van der Waals surface area (Å²) in [7, 11) is 0. The van der Waals surface area contributed by atoms with Gasteiger partial charge >= 0.3 is 12.1 Å². The Hall–Kier alpha value is -4.16. The Labute approximate surface area is 215 Å². The van der Waals surface area contributed by atoms with E-state index in [1.165, 1.54) is 6.20 Å². The SMILES string of the molecule is CC1=NC(C(N)=O)(C2CCC2)Cc2c1ncc(C(N)=O)c2Nc1cccc2c1CCO2.O=C(O)C(F)(F)F. The summed E-state index contributed by atoms with van der Waals surface area (Å²) in [4.78, 5) is 43.1. The maximum Gasteiger partial charge on any atom is 0.490 e. The lowest BCUT2D eigenvalue weighted by Crippen LogP contribution is -2.54. The number of rotatable bonds is 5. The third kappa shape index (κ3) is 4.87. The Balaban J connectivity index is 0.000000426. The van der Waals surface area contributed by atoms with Crippen molar-refractivity contribution in [2.45, 2.75) is 50.7 Å². The van der Waals surface area contributed by atoms with Crippen molar-refractivity contribution >= 4 is 34.9 Å². The number of nitrogens with two attached hydrogens (primary N) is 2. The van der Waals surface area contributed by atoms with Gasteiger partial charge in [0.1, 0.15) is 11.3 Å². The van der Waals surface area contributed by atoms with Crippen molar-refractivity contribution in [3.8, 4) is 5.75 Å². The number of benzene rings is 1. The summed E-state index contributed by atoms with van der Waals surface area (Å²) in [6.07, 6.45) is 0.326. The molecule has 3 heterocycles. The van der Waals surface area contributed by atoms with E-state index in [1.54, 1.807) is 0 Å². The number of pyridine rings is 1.